The Morgan fingerprint density at radius 1 is 1.43 bits per heavy atom. The molecule has 0 aromatic heterocycles. The van der Waals surface area contributed by atoms with Crippen LogP contribution in [0.5, 0.6) is 0 Å². The molecule has 0 aromatic rings. The summed E-state index contributed by atoms with van der Waals surface area (Å²) in [5.41, 5.74) is 0. The fourth-order valence-electron chi connectivity index (χ4n) is 0.684. The molecule has 0 saturated carbocycles. The highest BCUT2D eigenvalue weighted by Gasteiger charge is 2.25. The predicted molar refractivity (Wildman–Crippen MR) is 50.7 cm³/mol. The molecule has 0 fully saturated rings. The van der Waals surface area contributed by atoms with Crippen molar-refractivity contribution in [2.45, 2.75) is 32.9 Å². The number of esters is 1. The average molecular weight is 225 g/mol. The van der Waals surface area contributed by atoms with Crippen molar-refractivity contribution in [1.82, 2.24) is 5.09 Å². The van der Waals surface area contributed by atoms with Gasteiger partial charge in [-0.2, -0.15) is 0 Å². The quantitative estimate of drug-likeness (QED) is 0.528. The number of hydrogen-bond donors (Lipinski definition) is 2. The molecule has 0 spiro atoms. The molecule has 0 aliphatic rings. The fraction of sp³-hybridized carbons (Fsp3) is 0.857. The lowest BCUT2D eigenvalue weighted by Gasteiger charge is -2.17. The Hall–Kier alpha value is -0.420. The third-order valence-electron chi connectivity index (χ3n) is 1.31. The van der Waals surface area contributed by atoms with Crippen molar-refractivity contribution in [2.75, 3.05) is 7.11 Å². The maximum atomic E-state index is 11.2. The van der Waals surface area contributed by atoms with Gasteiger partial charge in [0.25, 0.3) is 0 Å². The molecule has 0 amide bonds. The van der Waals surface area contributed by atoms with Gasteiger partial charge in [0.05, 0.1) is 6.10 Å². The maximum Gasteiger partial charge on any atom is 0.403 e. The smallest absolute Gasteiger partial charge is 0.403 e. The molecule has 14 heavy (non-hydrogen) atoms. The summed E-state index contributed by atoms with van der Waals surface area (Å²) in [5, 5.41) is 2.13. The Kier molecular flexibility index (Phi) is 5.29. The number of nitrogens with one attached hydrogen (secondary N) is 1. The summed E-state index contributed by atoms with van der Waals surface area (Å²) >= 11 is 0. The molecule has 1 unspecified atom stereocenters. The van der Waals surface area contributed by atoms with Crippen molar-refractivity contribution >= 4 is 13.7 Å². The van der Waals surface area contributed by atoms with Crippen LogP contribution in [-0.4, -0.2) is 30.1 Å². The minimum Gasteiger partial charge on any atom is -0.462 e. The Labute approximate surface area is 83.2 Å². The van der Waals surface area contributed by atoms with Crippen LogP contribution < -0.4 is 5.09 Å². The molecule has 84 valence electrons. The van der Waals surface area contributed by atoms with Crippen LogP contribution in [0, 0.1) is 0 Å². The molecule has 0 saturated heterocycles. The van der Waals surface area contributed by atoms with Gasteiger partial charge in [-0.3, -0.25) is 4.79 Å². The number of carbonyl (C=O) groups is 1. The monoisotopic (exact) mass is 225 g/mol. The van der Waals surface area contributed by atoms with Crippen LogP contribution in [0.3, 0.4) is 0 Å². The summed E-state index contributed by atoms with van der Waals surface area (Å²) in [6, 6.07) is -0.881. The zero-order valence-electron chi connectivity index (χ0n) is 8.68. The van der Waals surface area contributed by atoms with Crippen molar-refractivity contribution in [2.24, 2.45) is 0 Å². The Bertz CT molecular complexity index is 242. The van der Waals surface area contributed by atoms with Crippen LogP contribution in [0.4, 0.5) is 0 Å². The lowest BCUT2D eigenvalue weighted by Crippen LogP contribution is -2.34. The van der Waals surface area contributed by atoms with Gasteiger partial charge in [0.15, 0.2) is 0 Å². The third-order valence-corrected chi connectivity index (χ3v) is 2.52. The van der Waals surface area contributed by atoms with Gasteiger partial charge in [-0.05, 0) is 20.8 Å². The summed E-state index contributed by atoms with van der Waals surface area (Å²) in [6.07, 6.45) is -0.257. The van der Waals surface area contributed by atoms with E-state index < -0.39 is 19.8 Å². The Balaban J connectivity index is 4.15. The van der Waals surface area contributed by atoms with E-state index in [4.69, 9.17) is 9.63 Å². The van der Waals surface area contributed by atoms with Crippen molar-refractivity contribution in [3.05, 3.63) is 0 Å². The van der Waals surface area contributed by atoms with Crippen LogP contribution in [0.2, 0.25) is 0 Å². The topological polar surface area (TPSA) is 84.9 Å². The third kappa shape index (κ3) is 5.34. The van der Waals surface area contributed by atoms with E-state index in [1.54, 1.807) is 13.8 Å². The maximum absolute atomic E-state index is 11.2. The Morgan fingerprint density at radius 3 is 2.29 bits per heavy atom. The second kappa shape index (κ2) is 5.46. The number of ether oxygens (including phenoxy) is 1. The lowest BCUT2D eigenvalue weighted by atomic mass is 10.4. The van der Waals surface area contributed by atoms with Crippen molar-refractivity contribution in [1.29, 1.82) is 0 Å². The molecular formula is C7H16NO5P. The highest BCUT2D eigenvalue weighted by atomic mass is 31.2. The van der Waals surface area contributed by atoms with Gasteiger partial charge in [0.2, 0.25) is 0 Å². The molecule has 0 heterocycles. The van der Waals surface area contributed by atoms with Gasteiger partial charge >= 0.3 is 13.7 Å². The van der Waals surface area contributed by atoms with Gasteiger partial charge in [0, 0.05) is 7.11 Å². The van der Waals surface area contributed by atoms with Crippen LogP contribution in [0.25, 0.3) is 0 Å². The van der Waals surface area contributed by atoms with Crippen LogP contribution >= 0.6 is 7.75 Å². The first-order valence-electron chi connectivity index (χ1n) is 4.15. The molecule has 0 aliphatic carbocycles. The first-order chi connectivity index (χ1) is 6.28. The highest BCUT2D eigenvalue weighted by Crippen LogP contribution is 2.35. The van der Waals surface area contributed by atoms with Gasteiger partial charge < -0.3 is 14.2 Å². The molecule has 0 rings (SSSR count). The standard InChI is InChI=1S/C7H16NO5P/c1-5(2)13-7(9)6(3)8-14(10,11)12-4/h5-6H,1-4H3,(H2,8,10,11)/t6-/m0/s1. The second-order valence-corrected chi connectivity index (χ2v) is 4.70. The van der Waals surface area contributed by atoms with Gasteiger partial charge in [-0.15, -0.1) is 0 Å². The van der Waals surface area contributed by atoms with E-state index in [1.165, 1.54) is 6.92 Å². The normalized spacial score (nSPS) is 17.6. The summed E-state index contributed by atoms with van der Waals surface area (Å²) in [7, 11) is -2.80. The van der Waals surface area contributed by atoms with E-state index in [0.29, 0.717) is 0 Å². The second-order valence-electron chi connectivity index (χ2n) is 3.04. The zero-order valence-corrected chi connectivity index (χ0v) is 9.58. The molecular weight excluding hydrogens is 209 g/mol. The first kappa shape index (κ1) is 13.6. The predicted octanol–water partition coefficient (Wildman–Crippen LogP) is 0.663. The molecule has 2 N–H and O–H groups in total. The summed E-state index contributed by atoms with van der Waals surface area (Å²) in [6.45, 7) is 4.81. The summed E-state index contributed by atoms with van der Waals surface area (Å²) in [5.74, 6) is -0.591. The SMILES string of the molecule is COP(=O)(O)N[C@@H](C)C(=O)OC(C)C. The largest absolute Gasteiger partial charge is 0.462 e. The van der Waals surface area contributed by atoms with E-state index in [2.05, 4.69) is 9.61 Å². The lowest BCUT2D eigenvalue weighted by molar-refractivity contribution is -0.149. The van der Waals surface area contributed by atoms with E-state index in [-0.39, 0.29) is 6.10 Å². The number of rotatable bonds is 5. The zero-order chi connectivity index (χ0) is 11.4. The van der Waals surface area contributed by atoms with E-state index in [0.717, 1.165) is 7.11 Å². The minimum atomic E-state index is -3.88. The van der Waals surface area contributed by atoms with Gasteiger partial charge in [-0.1, -0.05) is 0 Å². The number of hydrogen-bond acceptors (Lipinski definition) is 4. The van der Waals surface area contributed by atoms with Crippen LogP contribution in [0.15, 0.2) is 0 Å². The van der Waals surface area contributed by atoms with Crippen molar-refractivity contribution in [3.63, 3.8) is 0 Å². The first-order valence-corrected chi connectivity index (χ1v) is 5.73. The van der Waals surface area contributed by atoms with Crippen molar-refractivity contribution in [3.8, 4) is 0 Å². The van der Waals surface area contributed by atoms with Crippen molar-refractivity contribution < 1.29 is 23.5 Å². The van der Waals surface area contributed by atoms with Crippen LogP contribution in [-0.2, 0) is 18.6 Å². The molecule has 0 bridgehead atoms. The molecule has 6 nitrogen and oxygen atoms in total. The Morgan fingerprint density at radius 2 is 1.93 bits per heavy atom. The summed E-state index contributed by atoms with van der Waals surface area (Å²) < 4.78 is 20.1. The molecule has 0 radical (unpaired) electrons. The van der Waals surface area contributed by atoms with E-state index in [1.807, 2.05) is 0 Å². The van der Waals surface area contributed by atoms with Gasteiger partial charge in [-0.25, -0.2) is 9.65 Å². The van der Waals surface area contributed by atoms with Crippen LogP contribution in [0.1, 0.15) is 20.8 Å². The molecule has 7 heteroatoms. The van der Waals surface area contributed by atoms with E-state index in [9.17, 15) is 9.36 Å². The fourth-order valence-corrected chi connectivity index (χ4v) is 1.38. The minimum absolute atomic E-state index is 0.257. The molecule has 0 aromatic carbocycles. The number of carbonyl (C=O) groups excluding carboxylic acids is 1. The highest BCUT2D eigenvalue weighted by molar-refractivity contribution is 7.50. The summed E-state index contributed by atoms with van der Waals surface area (Å²) in [4.78, 5) is 20.2. The average Bonchev–Trinajstić information content (AvgIpc) is 2.02. The molecule has 0 aliphatic heterocycles. The van der Waals surface area contributed by atoms with Gasteiger partial charge in [0.1, 0.15) is 6.04 Å². The molecule has 2 atom stereocenters. The van der Waals surface area contributed by atoms with E-state index >= 15 is 0 Å².